The van der Waals surface area contributed by atoms with Gasteiger partial charge in [0.05, 0.1) is 5.69 Å². The van der Waals surface area contributed by atoms with Crippen molar-refractivity contribution in [2.24, 2.45) is 0 Å². The van der Waals surface area contributed by atoms with E-state index in [1.807, 2.05) is 42.5 Å². The minimum atomic E-state index is 0.270. The molecule has 88 valence electrons. The molecule has 0 atom stereocenters. The number of aromatic nitrogens is 2. The fraction of sp³-hybridized carbons (Fsp3) is 0. The Labute approximate surface area is 109 Å². The third-order valence-corrected chi connectivity index (χ3v) is 3.15. The summed E-state index contributed by atoms with van der Waals surface area (Å²) in [5.41, 5.74) is 7.43. The van der Waals surface area contributed by atoms with Crippen LogP contribution in [-0.4, -0.2) is 9.97 Å². The molecule has 3 rings (SSSR count). The van der Waals surface area contributed by atoms with Crippen molar-refractivity contribution in [1.82, 2.24) is 9.97 Å². The Bertz CT molecular complexity index is 725. The van der Waals surface area contributed by atoms with Crippen LogP contribution in [0.2, 0.25) is 5.02 Å². The highest BCUT2D eigenvalue weighted by molar-refractivity contribution is 6.36. The summed E-state index contributed by atoms with van der Waals surface area (Å²) in [7, 11) is 0. The van der Waals surface area contributed by atoms with E-state index in [0.29, 0.717) is 0 Å². The molecule has 0 aliphatic heterocycles. The molecule has 1 heterocycles. The van der Waals surface area contributed by atoms with Crippen molar-refractivity contribution >= 4 is 28.3 Å². The summed E-state index contributed by atoms with van der Waals surface area (Å²) >= 11 is 6.19. The molecule has 0 saturated carbocycles. The lowest BCUT2D eigenvalue weighted by molar-refractivity contribution is 1.19. The highest BCUT2D eigenvalue weighted by atomic mass is 35.5. The van der Waals surface area contributed by atoms with Gasteiger partial charge in [-0.15, -0.1) is 0 Å². The highest BCUT2D eigenvalue weighted by Crippen LogP contribution is 2.31. The number of nitrogens with zero attached hydrogens (tertiary/aromatic N) is 2. The first-order chi connectivity index (χ1) is 8.75. The van der Waals surface area contributed by atoms with Gasteiger partial charge in [0.25, 0.3) is 0 Å². The van der Waals surface area contributed by atoms with Gasteiger partial charge >= 0.3 is 0 Å². The lowest BCUT2D eigenvalue weighted by Crippen LogP contribution is -1.95. The van der Waals surface area contributed by atoms with Gasteiger partial charge in [-0.2, -0.15) is 0 Å². The largest absolute Gasteiger partial charge is 0.368 e. The van der Waals surface area contributed by atoms with Gasteiger partial charge in [-0.1, -0.05) is 41.9 Å². The van der Waals surface area contributed by atoms with Crippen molar-refractivity contribution in [2.45, 2.75) is 0 Å². The van der Waals surface area contributed by atoms with Crippen LogP contribution in [0.15, 0.2) is 48.7 Å². The number of hydrogen-bond donors (Lipinski definition) is 1. The maximum absolute atomic E-state index is 6.19. The van der Waals surface area contributed by atoms with E-state index in [1.165, 1.54) is 0 Å². The topological polar surface area (TPSA) is 51.8 Å². The Morgan fingerprint density at radius 2 is 1.72 bits per heavy atom. The van der Waals surface area contributed by atoms with Gasteiger partial charge in [0.1, 0.15) is 0 Å². The Morgan fingerprint density at radius 3 is 2.50 bits per heavy atom. The van der Waals surface area contributed by atoms with E-state index in [1.54, 1.807) is 6.20 Å². The molecule has 1 aromatic heterocycles. The van der Waals surface area contributed by atoms with Crippen molar-refractivity contribution in [3.63, 3.8) is 0 Å². The molecular formula is C14H10ClN3. The number of anilines is 1. The fourth-order valence-corrected chi connectivity index (χ4v) is 2.24. The van der Waals surface area contributed by atoms with Crippen LogP contribution in [0, 0.1) is 0 Å². The van der Waals surface area contributed by atoms with Gasteiger partial charge < -0.3 is 5.73 Å². The molecule has 3 nitrogen and oxygen atoms in total. The minimum Gasteiger partial charge on any atom is -0.368 e. The van der Waals surface area contributed by atoms with Crippen molar-refractivity contribution in [2.75, 3.05) is 5.73 Å². The number of hydrogen-bond acceptors (Lipinski definition) is 3. The lowest BCUT2D eigenvalue weighted by Gasteiger charge is -2.07. The molecule has 18 heavy (non-hydrogen) atoms. The molecule has 4 heteroatoms. The predicted octanol–water partition coefficient (Wildman–Crippen LogP) is 3.53. The molecule has 2 aromatic carbocycles. The Balaban J connectivity index is 2.33. The van der Waals surface area contributed by atoms with Crippen molar-refractivity contribution in [1.29, 1.82) is 0 Å². The number of fused-ring (bicyclic) bond motifs is 1. The van der Waals surface area contributed by atoms with Crippen LogP contribution in [0.25, 0.3) is 22.0 Å². The van der Waals surface area contributed by atoms with E-state index in [9.17, 15) is 0 Å². The zero-order valence-corrected chi connectivity index (χ0v) is 10.2. The number of nitrogen functional groups attached to an aromatic ring is 1. The van der Waals surface area contributed by atoms with Gasteiger partial charge in [0.2, 0.25) is 5.95 Å². The zero-order valence-electron chi connectivity index (χ0n) is 9.47. The van der Waals surface area contributed by atoms with Gasteiger partial charge in [-0.25, -0.2) is 9.97 Å². The minimum absolute atomic E-state index is 0.270. The number of benzene rings is 2. The fourth-order valence-electron chi connectivity index (χ4n) is 2.01. The molecule has 0 spiro atoms. The van der Waals surface area contributed by atoms with Crippen molar-refractivity contribution < 1.29 is 0 Å². The summed E-state index contributed by atoms with van der Waals surface area (Å²) in [6, 6.07) is 13.6. The van der Waals surface area contributed by atoms with Crippen molar-refractivity contribution in [3.8, 4) is 11.3 Å². The molecule has 2 N–H and O–H groups in total. The van der Waals surface area contributed by atoms with Gasteiger partial charge in [0.15, 0.2) is 0 Å². The Kier molecular flexibility index (Phi) is 2.61. The summed E-state index contributed by atoms with van der Waals surface area (Å²) in [6.45, 7) is 0. The first-order valence-electron chi connectivity index (χ1n) is 5.52. The standard InChI is InChI=1S/C14H10ClN3/c15-12-6-5-11(9-3-1-2-4-10(9)12)13-7-8-17-14(16)18-13/h1-8H,(H2,16,17,18). The van der Waals surface area contributed by atoms with Gasteiger partial charge in [0, 0.05) is 22.2 Å². The van der Waals surface area contributed by atoms with Gasteiger partial charge in [-0.05, 0) is 17.5 Å². The molecule has 0 aliphatic rings. The van der Waals surface area contributed by atoms with E-state index in [4.69, 9.17) is 17.3 Å². The molecular weight excluding hydrogens is 246 g/mol. The molecule has 0 amide bonds. The second kappa shape index (κ2) is 4.27. The molecule has 0 fully saturated rings. The lowest BCUT2D eigenvalue weighted by atomic mass is 10.0. The molecule has 0 unspecified atom stereocenters. The van der Waals surface area contributed by atoms with Crippen LogP contribution in [0.1, 0.15) is 0 Å². The zero-order chi connectivity index (χ0) is 12.5. The second-order valence-corrected chi connectivity index (χ2v) is 4.35. The number of nitrogens with two attached hydrogens (primary N) is 1. The quantitative estimate of drug-likeness (QED) is 0.724. The molecule has 0 aliphatic carbocycles. The first kappa shape index (κ1) is 11.0. The predicted molar refractivity (Wildman–Crippen MR) is 74.4 cm³/mol. The monoisotopic (exact) mass is 255 g/mol. The summed E-state index contributed by atoms with van der Waals surface area (Å²) in [6.07, 6.45) is 1.65. The molecule has 0 radical (unpaired) electrons. The van der Waals surface area contributed by atoms with Crippen LogP contribution >= 0.6 is 11.6 Å². The Hall–Kier alpha value is -2.13. The summed E-state index contributed by atoms with van der Waals surface area (Å²) in [5, 5.41) is 2.80. The summed E-state index contributed by atoms with van der Waals surface area (Å²) < 4.78 is 0. The maximum atomic E-state index is 6.19. The SMILES string of the molecule is Nc1nccc(-c2ccc(Cl)c3ccccc23)n1. The maximum Gasteiger partial charge on any atom is 0.220 e. The van der Waals surface area contributed by atoms with Crippen molar-refractivity contribution in [3.05, 3.63) is 53.7 Å². The van der Waals surface area contributed by atoms with Crippen LogP contribution in [-0.2, 0) is 0 Å². The molecule has 0 saturated heterocycles. The van der Waals surface area contributed by atoms with Crippen LogP contribution in [0.5, 0.6) is 0 Å². The van der Waals surface area contributed by atoms with E-state index in [-0.39, 0.29) is 5.95 Å². The van der Waals surface area contributed by atoms with E-state index >= 15 is 0 Å². The Morgan fingerprint density at radius 1 is 0.944 bits per heavy atom. The van der Waals surface area contributed by atoms with E-state index < -0.39 is 0 Å². The molecule has 0 bridgehead atoms. The van der Waals surface area contributed by atoms with Crippen LogP contribution in [0.3, 0.4) is 0 Å². The summed E-state index contributed by atoms with van der Waals surface area (Å²) in [5.74, 6) is 0.270. The third-order valence-electron chi connectivity index (χ3n) is 2.82. The third kappa shape index (κ3) is 1.79. The number of rotatable bonds is 1. The normalized spacial score (nSPS) is 10.7. The van der Waals surface area contributed by atoms with E-state index in [2.05, 4.69) is 9.97 Å². The first-order valence-corrected chi connectivity index (χ1v) is 5.89. The average molecular weight is 256 g/mol. The molecule has 3 aromatic rings. The van der Waals surface area contributed by atoms with Crippen LogP contribution in [0.4, 0.5) is 5.95 Å². The second-order valence-electron chi connectivity index (χ2n) is 3.94. The highest BCUT2D eigenvalue weighted by Gasteiger charge is 2.07. The average Bonchev–Trinajstić information content (AvgIpc) is 2.39. The van der Waals surface area contributed by atoms with Gasteiger partial charge in [-0.3, -0.25) is 0 Å². The smallest absolute Gasteiger partial charge is 0.220 e. The van der Waals surface area contributed by atoms with E-state index in [0.717, 1.165) is 27.1 Å². The summed E-state index contributed by atoms with van der Waals surface area (Å²) in [4.78, 5) is 8.15. The van der Waals surface area contributed by atoms with Crippen LogP contribution < -0.4 is 5.73 Å². The number of halogens is 1.